The van der Waals surface area contributed by atoms with E-state index in [-0.39, 0.29) is 0 Å². The maximum atomic E-state index is 13.2. The molecular weight excluding hydrogens is 206 g/mol. The topological polar surface area (TPSA) is 43.4 Å². The normalized spacial score (nSPS) is 18.6. The van der Waals surface area contributed by atoms with Gasteiger partial charge in [0.05, 0.1) is 7.11 Å². The number of hydrogen-bond acceptors (Lipinski definition) is 3. The minimum absolute atomic E-state index is 0.450. The Morgan fingerprint density at radius 1 is 1.20 bits per heavy atom. The minimum Gasteiger partial charge on any atom is -0.464 e. The van der Waals surface area contributed by atoms with E-state index in [4.69, 9.17) is 0 Å². The fourth-order valence-corrected chi connectivity index (χ4v) is 1.85. The van der Waals surface area contributed by atoms with Gasteiger partial charge >= 0.3 is 11.9 Å². The second kappa shape index (κ2) is 4.68. The smallest absolute Gasteiger partial charge is 0.400 e. The fraction of sp³-hybridized carbons (Fsp3) is 0.800. The van der Waals surface area contributed by atoms with Crippen molar-refractivity contribution in [3.63, 3.8) is 0 Å². The van der Waals surface area contributed by atoms with Crippen LogP contribution < -0.4 is 0 Å². The summed E-state index contributed by atoms with van der Waals surface area (Å²) in [4.78, 5) is 22.1. The molecule has 1 rings (SSSR count). The van der Waals surface area contributed by atoms with Crippen LogP contribution in [0.1, 0.15) is 32.1 Å². The Labute approximate surface area is 86.8 Å². The second-order valence-electron chi connectivity index (χ2n) is 3.77. The van der Waals surface area contributed by atoms with E-state index in [2.05, 4.69) is 4.74 Å². The first-order chi connectivity index (χ1) is 7.00. The Bertz CT molecular complexity index is 257. The van der Waals surface area contributed by atoms with Crippen molar-refractivity contribution in [2.75, 3.05) is 7.11 Å². The summed E-state index contributed by atoms with van der Waals surface area (Å²) in [6.45, 7) is 0. The standard InChI is InChI=1S/C10H14F2O3/c1-15-9(14)10(11,12)8(13)7-5-3-2-4-6-7/h7H,2-6H2,1H3. The number of ether oxygens (including phenoxy) is 1. The Balaban J connectivity index is 2.69. The molecular formula is C10H14F2O3. The van der Waals surface area contributed by atoms with Gasteiger partial charge in [-0.25, -0.2) is 4.79 Å². The molecule has 1 saturated carbocycles. The highest BCUT2D eigenvalue weighted by Gasteiger charge is 2.51. The molecule has 0 unspecified atom stereocenters. The summed E-state index contributed by atoms with van der Waals surface area (Å²) in [5, 5.41) is 0. The van der Waals surface area contributed by atoms with E-state index >= 15 is 0 Å². The Morgan fingerprint density at radius 2 is 1.73 bits per heavy atom. The van der Waals surface area contributed by atoms with Crippen molar-refractivity contribution in [1.82, 2.24) is 0 Å². The molecule has 0 amide bonds. The van der Waals surface area contributed by atoms with Crippen LogP contribution in [-0.2, 0) is 14.3 Å². The number of methoxy groups -OCH3 is 1. The van der Waals surface area contributed by atoms with Crippen molar-refractivity contribution in [3.05, 3.63) is 0 Å². The third-order valence-electron chi connectivity index (χ3n) is 2.73. The zero-order valence-corrected chi connectivity index (χ0v) is 8.59. The van der Waals surface area contributed by atoms with Crippen molar-refractivity contribution >= 4 is 11.8 Å². The maximum absolute atomic E-state index is 13.2. The van der Waals surface area contributed by atoms with Gasteiger partial charge in [-0.05, 0) is 12.8 Å². The number of alkyl halides is 2. The van der Waals surface area contributed by atoms with E-state index in [1.807, 2.05) is 0 Å². The molecule has 0 bridgehead atoms. The summed E-state index contributed by atoms with van der Waals surface area (Å²) in [7, 11) is 0.852. The van der Waals surface area contributed by atoms with Crippen LogP contribution in [0, 0.1) is 5.92 Å². The molecule has 5 heteroatoms. The monoisotopic (exact) mass is 220 g/mol. The van der Waals surface area contributed by atoms with Gasteiger partial charge < -0.3 is 4.74 Å². The average Bonchev–Trinajstić information content (AvgIpc) is 2.28. The van der Waals surface area contributed by atoms with E-state index < -0.39 is 23.6 Å². The van der Waals surface area contributed by atoms with Gasteiger partial charge in [0.15, 0.2) is 0 Å². The number of hydrogen-bond donors (Lipinski definition) is 0. The highest BCUT2D eigenvalue weighted by molar-refractivity contribution is 6.06. The molecule has 1 fully saturated rings. The van der Waals surface area contributed by atoms with Crippen molar-refractivity contribution in [2.45, 2.75) is 38.0 Å². The zero-order valence-electron chi connectivity index (χ0n) is 8.59. The van der Waals surface area contributed by atoms with Crippen molar-refractivity contribution < 1.29 is 23.1 Å². The van der Waals surface area contributed by atoms with Gasteiger partial charge in [-0.2, -0.15) is 8.78 Å². The van der Waals surface area contributed by atoms with Crippen molar-refractivity contribution in [1.29, 1.82) is 0 Å². The predicted molar refractivity (Wildman–Crippen MR) is 48.5 cm³/mol. The van der Waals surface area contributed by atoms with Crippen LogP contribution in [-0.4, -0.2) is 24.8 Å². The lowest BCUT2D eigenvalue weighted by Gasteiger charge is -2.23. The first kappa shape index (κ1) is 12.1. The molecule has 15 heavy (non-hydrogen) atoms. The molecule has 0 aliphatic heterocycles. The van der Waals surface area contributed by atoms with E-state index in [1.54, 1.807) is 0 Å². The van der Waals surface area contributed by atoms with Crippen LogP contribution in [0.3, 0.4) is 0 Å². The fourth-order valence-electron chi connectivity index (χ4n) is 1.85. The van der Waals surface area contributed by atoms with Gasteiger partial charge in [-0.15, -0.1) is 0 Å². The van der Waals surface area contributed by atoms with Gasteiger partial charge in [0, 0.05) is 5.92 Å². The Hall–Kier alpha value is -1.00. The SMILES string of the molecule is COC(=O)C(F)(F)C(=O)C1CCCCC1. The molecule has 0 heterocycles. The van der Waals surface area contributed by atoms with Crippen LogP contribution >= 0.6 is 0 Å². The third kappa shape index (κ3) is 2.52. The van der Waals surface area contributed by atoms with Crippen LogP contribution in [0.4, 0.5) is 8.78 Å². The quantitative estimate of drug-likeness (QED) is 0.539. The molecule has 1 aliphatic carbocycles. The van der Waals surface area contributed by atoms with E-state index in [9.17, 15) is 18.4 Å². The number of ketones is 1. The van der Waals surface area contributed by atoms with E-state index in [0.29, 0.717) is 12.8 Å². The van der Waals surface area contributed by atoms with Gasteiger partial charge in [0.25, 0.3) is 0 Å². The number of carbonyl (C=O) groups excluding carboxylic acids is 2. The Morgan fingerprint density at radius 3 is 2.20 bits per heavy atom. The van der Waals surface area contributed by atoms with Gasteiger partial charge in [-0.3, -0.25) is 4.79 Å². The van der Waals surface area contributed by atoms with Crippen LogP contribution in [0.25, 0.3) is 0 Å². The molecule has 0 atom stereocenters. The minimum atomic E-state index is -3.98. The van der Waals surface area contributed by atoms with Gasteiger partial charge in [0.2, 0.25) is 5.78 Å². The molecule has 0 N–H and O–H groups in total. The molecule has 0 aromatic heterocycles. The number of carbonyl (C=O) groups is 2. The van der Waals surface area contributed by atoms with E-state index in [0.717, 1.165) is 26.4 Å². The van der Waals surface area contributed by atoms with Gasteiger partial charge in [0.1, 0.15) is 0 Å². The lowest BCUT2D eigenvalue weighted by Crippen LogP contribution is -2.43. The number of Topliss-reactive ketones (excluding diaryl/α,β-unsaturated/α-hetero) is 1. The van der Waals surface area contributed by atoms with Crippen LogP contribution in [0.15, 0.2) is 0 Å². The third-order valence-corrected chi connectivity index (χ3v) is 2.73. The molecule has 3 nitrogen and oxygen atoms in total. The largest absolute Gasteiger partial charge is 0.464 e. The van der Waals surface area contributed by atoms with Gasteiger partial charge in [-0.1, -0.05) is 19.3 Å². The summed E-state index contributed by atoms with van der Waals surface area (Å²) < 4.78 is 30.3. The van der Waals surface area contributed by atoms with Crippen molar-refractivity contribution in [2.24, 2.45) is 5.92 Å². The molecule has 0 radical (unpaired) electrons. The van der Waals surface area contributed by atoms with Crippen LogP contribution in [0.2, 0.25) is 0 Å². The molecule has 1 aliphatic rings. The number of halogens is 2. The highest BCUT2D eigenvalue weighted by atomic mass is 19.3. The number of esters is 1. The summed E-state index contributed by atoms with van der Waals surface area (Å²) in [6.07, 6.45) is 3.41. The molecule has 0 saturated heterocycles. The lowest BCUT2D eigenvalue weighted by atomic mass is 9.84. The van der Waals surface area contributed by atoms with Crippen molar-refractivity contribution in [3.8, 4) is 0 Å². The average molecular weight is 220 g/mol. The maximum Gasteiger partial charge on any atom is 0.400 e. The molecule has 0 spiro atoms. The highest BCUT2D eigenvalue weighted by Crippen LogP contribution is 2.30. The first-order valence-electron chi connectivity index (χ1n) is 5.00. The zero-order chi connectivity index (χ0) is 11.5. The van der Waals surface area contributed by atoms with Crippen LogP contribution in [0.5, 0.6) is 0 Å². The second-order valence-corrected chi connectivity index (χ2v) is 3.77. The first-order valence-corrected chi connectivity index (χ1v) is 5.00. The molecule has 86 valence electrons. The van der Waals surface area contributed by atoms with E-state index in [1.165, 1.54) is 0 Å². The number of rotatable bonds is 3. The predicted octanol–water partition coefficient (Wildman–Crippen LogP) is 1.94. The summed E-state index contributed by atoms with van der Waals surface area (Å²) >= 11 is 0. The lowest BCUT2D eigenvalue weighted by molar-refractivity contribution is -0.176. The Kier molecular flexibility index (Phi) is 3.77. The molecule has 0 aromatic carbocycles. The summed E-state index contributed by atoms with van der Waals surface area (Å²) in [6, 6.07) is 0. The molecule has 0 aromatic rings. The summed E-state index contributed by atoms with van der Waals surface area (Å²) in [5.41, 5.74) is 0. The summed E-state index contributed by atoms with van der Waals surface area (Å²) in [5.74, 6) is -7.70.